The maximum atomic E-state index is 12.4. The van der Waals surface area contributed by atoms with E-state index in [1.807, 2.05) is 29.1 Å². The van der Waals surface area contributed by atoms with Crippen molar-refractivity contribution >= 4 is 11.9 Å². The number of amides is 1. The minimum Gasteiger partial charge on any atom is -0.324 e. The maximum Gasteiger partial charge on any atom is 0.451 e. The van der Waals surface area contributed by atoms with Crippen LogP contribution < -0.4 is 5.32 Å². The second-order valence-electron chi connectivity index (χ2n) is 4.60. The topological polar surface area (TPSA) is 75.6 Å². The van der Waals surface area contributed by atoms with E-state index in [1.54, 1.807) is 29.4 Å². The van der Waals surface area contributed by atoms with Crippen LogP contribution in [0, 0.1) is 0 Å². The first kappa shape index (κ1) is 14.8. The van der Waals surface area contributed by atoms with E-state index >= 15 is 0 Å². The fraction of sp³-hybridized carbons (Fsp3) is 0.0714. The van der Waals surface area contributed by atoms with Crippen LogP contribution in [-0.4, -0.2) is 25.7 Å². The molecule has 0 aliphatic rings. The average Bonchev–Trinajstić information content (AvgIpc) is 3.18. The number of anilines is 1. The Labute approximate surface area is 128 Å². The van der Waals surface area contributed by atoms with E-state index in [9.17, 15) is 18.0 Å². The quantitative estimate of drug-likeness (QED) is 0.779. The average molecular weight is 321 g/mol. The van der Waals surface area contributed by atoms with Gasteiger partial charge in [-0.05, 0) is 36.4 Å². The van der Waals surface area contributed by atoms with Crippen LogP contribution in [0.15, 0.2) is 48.8 Å². The Morgan fingerprint density at radius 2 is 1.78 bits per heavy atom. The van der Waals surface area contributed by atoms with Gasteiger partial charge in [-0.25, -0.2) is 0 Å². The summed E-state index contributed by atoms with van der Waals surface area (Å²) >= 11 is 0. The van der Waals surface area contributed by atoms with Crippen LogP contribution in [0.25, 0.3) is 5.69 Å². The molecule has 0 fully saturated rings. The standard InChI is InChI=1S/C14H10F3N5O/c15-14(16,17)12-19-13(21-20-12)18-11(23)9-3-5-10(6-4-9)22-7-1-2-8-22/h1-8H,(H2,18,19,20,21,23). The number of nitrogens with zero attached hydrogens (tertiary/aromatic N) is 3. The molecule has 1 aromatic carbocycles. The second-order valence-corrected chi connectivity index (χ2v) is 4.60. The number of aromatic amines is 1. The lowest BCUT2D eigenvalue weighted by molar-refractivity contribution is -0.144. The van der Waals surface area contributed by atoms with Crippen LogP contribution in [0.2, 0.25) is 0 Å². The number of nitrogens with one attached hydrogen (secondary N) is 2. The summed E-state index contributed by atoms with van der Waals surface area (Å²) in [5.74, 6) is -2.30. The van der Waals surface area contributed by atoms with Gasteiger partial charge in [-0.1, -0.05) is 0 Å². The molecule has 0 bridgehead atoms. The molecule has 9 heteroatoms. The largest absolute Gasteiger partial charge is 0.451 e. The van der Waals surface area contributed by atoms with Gasteiger partial charge in [0.2, 0.25) is 11.8 Å². The molecule has 0 radical (unpaired) electrons. The van der Waals surface area contributed by atoms with Gasteiger partial charge in [-0.2, -0.15) is 18.2 Å². The van der Waals surface area contributed by atoms with Crippen LogP contribution >= 0.6 is 0 Å². The van der Waals surface area contributed by atoms with Crippen molar-refractivity contribution in [3.8, 4) is 5.69 Å². The van der Waals surface area contributed by atoms with Gasteiger partial charge in [0.25, 0.3) is 5.91 Å². The molecule has 2 N–H and O–H groups in total. The minimum atomic E-state index is -4.64. The van der Waals surface area contributed by atoms with Crippen molar-refractivity contribution in [1.29, 1.82) is 0 Å². The zero-order chi connectivity index (χ0) is 16.4. The van der Waals surface area contributed by atoms with Gasteiger partial charge < -0.3 is 4.57 Å². The highest BCUT2D eigenvalue weighted by atomic mass is 19.4. The summed E-state index contributed by atoms with van der Waals surface area (Å²) in [6.45, 7) is 0. The van der Waals surface area contributed by atoms with Crippen molar-refractivity contribution in [3.63, 3.8) is 0 Å². The van der Waals surface area contributed by atoms with Crippen LogP contribution in [-0.2, 0) is 6.18 Å². The summed E-state index contributed by atoms with van der Waals surface area (Å²) in [5.41, 5.74) is 1.13. The highest BCUT2D eigenvalue weighted by Gasteiger charge is 2.35. The molecule has 3 rings (SSSR count). The number of aromatic nitrogens is 4. The fourth-order valence-corrected chi connectivity index (χ4v) is 1.91. The molecule has 0 unspecified atom stereocenters. The highest BCUT2D eigenvalue weighted by Crippen LogP contribution is 2.26. The number of rotatable bonds is 3. The predicted molar refractivity (Wildman–Crippen MR) is 75.1 cm³/mol. The number of hydrogen-bond donors (Lipinski definition) is 2. The van der Waals surface area contributed by atoms with E-state index in [2.05, 4.69) is 15.4 Å². The minimum absolute atomic E-state index is 0.277. The lowest BCUT2D eigenvalue weighted by atomic mass is 10.2. The molecule has 1 amide bonds. The zero-order valence-corrected chi connectivity index (χ0v) is 11.5. The third-order valence-corrected chi connectivity index (χ3v) is 3.01. The van der Waals surface area contributed by atoms with Gasteiger partial charge in [-0.15, -0.1) is 5.10 Å². The van der Waals surface area contributed by atoms with Crippen LogP contribution in [0.4, 0.5) is 19.1 Å². The van der Waals surface area contributed by atoms with Gasteiger partial charge in [0.1, 0.15) is 0 Å². The lowest BCUT2D eigenvalue weighted by Crippen LogP contribution is -2.13. The van der Waals surface area contributed by atoms with E-state index in [0.29, 0.717) is 0 Å². The van der Waals surface area contributed by atoms with Crippen LogP contribution in [0.3, 0.4) is 0 Å². The lowest BCUT2D eigenvalue weighted by Gasteiger charge is -2.05. The summed E-state index contributed by atoms with van der Waals surface area (Å²) in [6, 6.07) is 10.3. The van der Waals surface area contributed by atoms with Crippen molar-refractivity contribution in [2.24, 2.45) is 0 Å². The monoisotopic (exact) mass is 321 g/mol. The Hall–Kier alpha value is -3.10. The van der Waals surface area contributed by atoms with Gasteiger partial charge in [0, 0.05) is 23.6 Å². The number of halogens is 3. The Balaban J connectivity index is 1.72. The molecule has 0 atom stereocenters. The number of hydrogen-bond acceptors (Lipinski definition) is 3. The maximum absolute atomic E-state index is 12.4. The van der Waals surface area contributed by atoms with Crippen molar-refractivity contribution in [2.45, 2.75) is 6.18 Å². The smallest absolute Gasteiger partial charge is 0.324 e. The first-order chi connectivity index (χ1) is 10.9. The van der Waals surface area contributed by atoms with E-state index < -0.39 is 23.9 Å². The molecule has 2 heterocycles. The van der Waals surface area contributed by atoms with Crippen molar-refractivity contribution in [1.82, 2.24) is 19.7 Å². The predicted octanol–water partition coefficient (Wildman–Crippen LogP) is 2.87. The molecule has 2 aromatic heterocycles. The summed E-state index contributed by atoms with van der Waals surface area (Å²) in [7, 11) is 0. The van der Waals surface area contributed by atoms with Gasteiger partial charge in [0.05, 0.1) is 0 Å². The molecule has 0 aliphatic carbocycles. The van der Waals surface area contributed by atoms with E-state index in [-0.39, 0.29) is 5.56 Å². The number of carbonyl (C=O) groups excluding carboxylic acids is 1. The summed E-state index contributed by atoms with van der Waals surface area (Å²) < 4.78 is 39.0. The van der Waals surface area contributed by atoms with Gasteiger partial charge >= 0.3 is 6.18 Å². The number of H-pyrrole nitrogens is 1. The molecule has 0 saturated carbocycles. The fourth-order valence-electron chi connectivity index (χ4n) is 1.91. The molecular formula is C14H10F3N5O. The second kappa shape index (κ2) is 5.59. The molecule has 23 heavy (non-hydrogen) atoms. The third-order valence-electron chi connectivity index (χ3n) is 3.01. The SMILES string of the molecule is O=C(Nc1n[nH]c(C(F)(F)F)n1)c1ccc(-n2cccc2)cc1. The molecule has 0 saturated heterocycles. The first-order valence-electron chi connectivity index (χ1n) is 6.48. The molecule has 0 spiro atoms. The Kier molecular flexibility index (Phi) is 3.61. The molecule has 0 aliphatic heterocycles. The number of carbonyl (C=O) groups is 1. The van der Waals surface area contributed by atoms with E-state index in [4.69, 9.17) is 0 Å². The summed E-state index contributed by atoms with van der Waals surface area (Å²) in [4.78, 5) is 15.2. The van der Waals surface area contributed by atoms with Crippen LogP contribution in [0.1, 0.15) is 16.2 Å². The molecule has 118 valence electrons. The van der Waals surface area contributed by atoms with Crippen molar-refractivity contribution in [2.75, 3.05) is 5.32 Å². The number of alkyl halides is 3. The van der Waals surface area contributed by atoms with Gasteiger partial charge in [0.15, 0.2) is 0 Å². The third kappa shape index (κ3) is 3.23. The highest BCUT2D eigenvalue weighted by molar-refractivity contribution is 6.03. The summed E-state index contributed by atoms with van der Waals surface area (Å²) in [6.07, 6.45) is -0.947. The Morgan fingerprint density at radius 3 is 2.35 bits per heavy atom. The normalized spacial score (nSPS) is 11.4. The molecular weight excluding hydrogens is 311 g/mol. The molecule has 3 aromatic rings. The summed E-state index contributed by atoms with van der Waals surface area (Å²) in [5, 5.41) is 7.25. The van der Waals surface area contributed by atoms with Crippen molar-refractivity contribution in [3.05, 3.63) is 60.2 Å². The zero-order valence-electron chi connectivity index (χ0n) is 11.5. The Morgan fingerprint density at radius 1 is 1.13 bits per heavy atom. The van der Waals surface area contributed by atoms with Crippen molar-refractivity contribution < 1.29 is 18.0 Å². The molecule has 6 nitrogen and oxygen atoms in total. The van der Waals surface area contributed by atoms with Gasteiger partial charge in [-0.3, -0.25) is 15.2 Å². The van der Waals surface area contributed by atoms with Crippen LogP contribution in [0.5, 0.6) is 0 Å². The number of benzene rings is 1. The Bertz CT molecular complexity index is 806. The van der Waals surface area contributed by atoms with E-state index in [1.165, 1.54) is 0 Å². The first-order valence-corrected chi connectivity index (χ1v) is 6.48. The van der Waals surface area contributed by atoms with E-state index in [0.717, 1.165) is 5.69 Å².